The molecule has 0 saturated carbocycles. The van der Waals surface area contributed by atoms with Crippen molar-refractivity contribution in [3.8, 4) is 5.88 Å². The van der Waals surface area contributed by atoms with Crippen molar-refractivity contribution in [2.75, 3.05) is 30.8 Å². The Kier molecular flexibility index (Phi) is 6.42. The van der Waals surface area contributed by atoms with Gasteiger partial charge in [0.1, 0.15) is 24.1 Å². The first-order valence-corrected chi connectivity index (χ1v) is 12.9. The van der Waals surface area contributed by atoms with Gasteiger partial charge in [-0.25, -0.2) is 28.1 Å². The van der Waals surface area contributed by atoms with Crippen molar-refractivity contribution in [1.29, 1.82) is 4.78 Å². The van der Waals surface area contributed by atoms with Crippen molar-refractivity contribution in [3.05, 3.63) is 35.9 Å². The van der Waals surface area contributed by atoms with Gasteiger partial charge in [0, 0.05) is 43.6 Å². The van der Waals surface area contributed by atoms with Crippen molar-refractivity contribution in [2.24, 2.45) is 0 Å². The summed E-state index contributed by atoms with van der Waals surface area (Å²) in [4.78, 5) is 24.3. The molecule has 0 spiro atoms. The molecule has 0 aliphatic carbocycles. The summed E-state index contributed by atoms with van der Waals surface area (Å²) in [6.45, 7) is 5.24. The highest BCUT2D eigenvalue weighted by atomic mass is 32.2. The average Bonchev–Trinajstić information content (AvgIpc) is 3.18. The lowest BCUT2D eigenvalue weighted by molar-refractivity contribution is 0.0505. The third kappa shape index (κ3) is 5.02. The van der Waals surface area contributed by atoms with Gasteiger partial charge in [0.05, 0.1) is 27.1 Å². The highest BCUT2D eigenvalue weighted by Gasteiger charge is 2.31. The number of likely N-dealkylation sites (tertiary alicyclic amines) is 1. The number of hydrogen-bond acceptors (Lipinski definition) is 8. The molecule has 4 rings (SSSR count). The molecule has 178 valence electrons. The van der Waals surface area contributed by atoms with Gasteiger partial charge in [-0.2, -0.15) is 0 Å². The lowest BCUT2D eigenvalue weighted by atomic mass is 10.1. The number of piperidine rings is 1. The number of nitrogens with one attached hydrogen (secondary N) is 1. The van der Waals surface area contributed by atoms with Crippen LogP contribution in [0.15, 0.2) is 29.4 Å². The first kappa shape index (κ1) is 23.2. The van der Waals surface area contributed by atoms with E-state index in [9.17, 15) is 13.4 Å². The predicted octanol–water partition coefficient (Wildman–Crippen LogP) is 3.73. The first-order valence-electron chi connectivity index (χ1n) is 10.9. The summed E-state index contributed by atoms with van der Waals surface area (Å²) in [6, 6.07) is 4.20. The van der Waals surface area contributed by atoms with Gasteiger partial charge in [-0.15, -0.1) is 0 Å². The van der Waals surface area contributed by atoms with Crippen LogP contribution in [0.3, 0.4) is 0 Å². The Morgan fingerprint density at radius 2 is 1.97 bits per heavy atom. The minimum Gasteiger partial charge on any atom is -0.474 e. The van der Waals surface area contributed by atoms with E-state index in [1.165, 1.54) is 24.7 Å². The number of carbonyl (C=O) groups is 1. The van der Waals surface area contributed by atoms with Crippen LogP contribution < -0.4 is 9.64 Å². The van der Waals surface area contributed by atoms with E-state index in [0.29, 0.717) is 56.3 Å². The van der Waals surface area contributed by atoms with Crippen LogP contribution in [0.2, 0.25) is 0 Å². The molecule has 2 aromatic rings. The van der Waals surface area contributed by atoms with Crippen molar-refractivity contribution < 1.29 is 22.9 Å². The lowest BCUT2D eigenvalue weighted by Crippen LogP contribution is -2.42. The average molecular weight is 478 g/mol. The van der Waals surface area contributed by atoms with E-state index in [2.05, 4.69) is 9.97 Å². The number of hydrogen-bond donors (Lipinski definition) is 1. The standard InChI is InChI=1S/C22H28FN5O4S/c1-14(2)31-22(29)27-9-6-15(7-10-27)32-21-17-8-11-28(20(17)25-13-26-21)19-5-4-16(12-18(19)23)33(3,24)30/h4-5,12-15,24H,6-11H2,1-3H3/t33-/m1/s1. The molecular formula is C22H28FN5O4S. The van der Waals surface area contributed by atoms with Gasteiger partial charge in [-0.05, 0) is 38.5 Å². The fraction of sp³-hybridized carbons (Fsp3) is 0.500. The molecule has 1 aromatic heterocycles. The quantitative estimate of drug-likeness (QED) is 0.699. The number of nitrogens with zero attached hydrogens (tertiary/aromatic N) is 4. The molecule has 2 aliphatic heterocycles. The highest BCUT2D eigenvalue weighted by Crippen LogP contribution is 2.38. The van der Waals surface area contributed by atoms with Crippen molar-refractivity contribution >= 4 is 27.3 Å². The normalized spacial score (nSPS) is 18.2. The van der Waals surface area contributed by atoms with Crippen LogP contribution in [0.1, 0.15) is 32.3 Å². The maximum atomic E-state index is 14.8. The topological polar surface area (TPSA) is 109 Å². The molecule has 0 unspecified atom stereocenters. The van der Waals surface area contributed by atoms with Crippen molar-refractivity contribution in [3.63, 3.8) is 0 Å². The number of anilines is 2. The molecule has 1 atom stereocenters. The molecule has 1 amide bonds. The Morgan fingerprint density at radius 1 is 1.24 bits per heavy atom. The molecule has 9 nitrogen and oxygen atoms in total. The fourth-order valence-electron chi connectivity index (χ4n) is 4.04. The molecular weight excluding hydrogens is 449 g/mol. The summed E-state index contributed by atoms with van der Waals surface area (Å²) in [5.74, 6) is 0.502. The van der Waals surface area contributed by atoms with E-state index >= 15 is 0 Å². The van der Waals surface area contributed by atoms with Gasteiger partial charge in [0.15, 0.2) is 0 Å². The highest BCUT2D eigenvalue weighted by molar-refractivity contribution is 7.91. The van der Waals surface area contributed by atoms with Crippen LogP contribution in [0, 0.1) is 10.6 Å². The van der Waals surface area contributed by atoms with Crippen LogP contribution >= 0.6 is 0 Å². The monoisotopic (exact) mass is 477 g/mol. The van der Waals surface area contributed by atoms with Gasteiger partial charge in [-0.3, -0.25) is 0 Å². The predicted molar refractivity (Wildman–Crippen MR) is 121 cm³/mol. The second kappa shape index (κ2) is 9.12. The molecule has 2 aliphatic rings. The Labute approximate surface area is 192 Å². The molecule has 1 aromatic carbocycles. The third-order valence-corrected chi connectivity index (χ3v) is 6.85. The summed E-state index contributed by atoms with van der Waals surface area (Å²) >= 11 is 0. The number of rotatable bonds is 5. The van der Waals surface area contributed by atoms with Crippen molar-refractivity contribution in [1.82, 2.24) is 14.9 Å². The van der Waals surface area contributed by atoms with Gasteiger partial charge in [0.2, 0.25) is 5.88 Å². The van der Waals surface area contributed by atoms with Gasteiger partial charge in [-0.1, -0.05) is 0 Å². The number of benzene rings is 1. The van der Waals surface area contributed by atoms with Crippen LogP contribution in [0.4, 0.5) is 20.7 Å². The van der Waals surface area contributed by atoms with Crippen molar-refractivity contribution in [2.45, 2.75) is 50.2 Å². The Balaban J connectivity index is 1.47. The van der Waals surface area contributed by atoms with Crippen LogP contribution in [-0.2, 0) is 20.9 Å². The fourth-order valence-corrected chi connectivity index (χ4v) is 4.70. The van der Waals surface area contributed by atoms with E-state index in [-0.39, 0.29) is 23.2 Å². The number of aromatic nitrogens is 2. The third-order valence-electron chi connectivity index (χ3n) is 5.70. The first-order chi connectivity index (χ1) is 15.6. The molecule has 1 fully saturated rings. The molecule has 1 N–H and O–H groups in total. The van der Waals surface area contributed by atoms with Crippen LogP contribution in [0.25, 0.3) is 0 Å². The Hall–Kier alpha value is -2.95. The number of fused-ring (bicyclic) bond motifs is 1. The molecule has 33 heavy (non-hydrogen) atoms. The zero-order valence-electron chi connectivity index (χ0n) is 18.9. The maximum Gasteiger partial charge on any atom is 0.410 e. The number of carbonyl (C=O) groups excluding carboxylic acids is 1. The number of amides is 1. The number of halogens is 1. The van der Waals surface area contributed by atoms with Gasteiger partial charge in [0.25, 0.3) is 0 Å². The smallest absolute Gasteiger partial charge is 0.410 e. The van der Waals surface area contributed by atoms with E-state index in [1.54, 1.807) is 9.80 Å². The molecule has 0 bridgehead atoms. The van der Waals surface area contributed by atoms with Gasteiger partial charge >= 0.3 is 6.09 Å². The second-order valence-corrected chi connectivity index (χ2v) is 10.7. The van der Waals surface area contributed by atoms with Crippen LogP contribution in [0.5, 0.6) is 5.88 Å². The SMILES string of the molecule is CC(C)OC(=O)N1CCC(Oc2ncnc3c2CCN3c2ccc([S@](C)(=N)=O)cc2F)CC1. The lowest BCUT2D eigenvalue weighted by Gasteiger charge is -2.32. The molecule has 0 radical (unpaired) electrons. The summed E-state index contributed by atoms with van der Waals surface area (Å²) < 4.78 is 45.8. The minimum absolute atomic E-state index is 0.0908. The zero-order chi connectivity index (χ0) is 23.8. The summed E-state index contributed by atoms with van der Waals surface area (Å²) in [6.07, 6.45) is 4.03. The summed E-state index contributed by atoms with van der Waals surface area (Å²) in [5, 5.41) is 0. The van der Waals surface area contributed by atoms with Gasteiger partial charge < -0.3 is 19.3 Å². The Bertz CT molecular complexity index is 1150. The minimum atomic E-state index is -3.00. The summed E-state index contributed by atoms with van der Waals surface area (Å²) in [7, 11) is -3.00. The second-order valence-electron chi connectivity index (χ2n) is 8.58. The molecule has 11 heteroatoms. The van der Waals surface area contributed by atoms with Crippen LogP contribution in [-0.4, -0.2) is 63.3 Å². The van der Waals surface area contributed by atoms with E-state index < -0.39 is 15.5 Å². The zero-order valence-corrected chi connectivity index (χ0v) is 19.7. The Morgan fingerprint density at radius 3 is 2.61 bits per heavy atom. The number of ether oxygens (including phenoxy) is 2. The molecule has 3 heterocycles. The largest absolute Gasteiger partial charge is 0.474 e. The van der Waals surface area contributed by atoms with E-state index in [1.807, 2.05) is 13.8 Å². The summed E-state index contributed by atoms with van der Waals surface area (Å²) in [5.41, 5.74) is 1.12. The van der Waals surface area contributed by atoms with E-state index in [4.69, 9.17) is 14.3 Å². The van der Waals surface area contributed by atoms with E-state index in [0.717, 1.165) is 11.6 Å². The molecule has 1 saturated heterocycles. The maximum absolute atomic E-state index is 14.8.